The van der Waals surface area contributed by atoms with Gasteiger partial charge in [-0.15, -0.1) is 0 Å². The Balaban J connectivity index is 2.62. The van der Waals surface area contributed by atoms with Crippen LogP contribution in [0.4, 0.5) is 4.39 Å². The monoisotopic (exact) mass is 290 g/mol. The third-order valence-electron chi connectivity index (χ3n) is 3.18. The van der Waals surface area contributed by atoms with Crippen molar-refractivity contribution in [3.05, 3.63) is 67.0 Å². The molecule has 21 heavy (non-hydrogen) atoms. The number of carbonyl (C=O) groups is 1. The zero-order chi connectivity index (χ0) is 15.6. The molecule has 0 amide bonds. The number of aromatic amines is 2. The van der Waals surface area contributed by atoms with Gasteiger partial charge in [0.15, 0.2) is 0 Å². The van der Waals surface area contributed by atoms with E-state index in [4.69, 9.17) is 0 Å². The molecule has 0 atom stereocenters. The van der Waals surface area contributed by atoms with Gasteiger partial charge in [-0.2, -0.15) is 0 Å². The van der Waals surface area contributed by atoms with Gasteiger partial charge in [0, 0.05) is 11.1 Å². The number of hydrogen-bond acceptors (Lipinski definition) is 3. The zero-order valence-corrected chi connectivity index (χ0v) is 11.7. The first kappa shape index (κ1) is 14.9. The van der Waals surface area contributed by atoms with Crippen LogP contribution in [0.3, 0.4) is 0 Å². The molecule has 1 heterocycles. The highest BCUT2D eigenvalue weighted by molar-refractivity contribution is 6.08. The van der Waals surface area contributed by atoms with Gasteiger partial charge in [0.05, 0.1) is 5.69 Å². The molecular weight excluding hydrogens is 275 g/mol. The molecule has 5 nitrogen and oxygen atoms in total. The van der Waals surface area contributed by atoms with Gasteiger partial charge in [-0.3, -0.25) is 14.6 Å². The Morgan fingerprint density at radius 1 is 1.19 bits per heavy atom. The number of alkyl halides is 1. The largest absolute Gasteiger partial charge is 0.326 e. The van der Waals surface area contributed by atoms with Crippen LogP contribution in [0.15, 0.2) is 27.8 Å². The van der Waals surface area contributed by atoms with Crippen LogP contribution in [0.2, 0.25) is 0 Å². The Hall–Kier alpha value is -2.50. The fourth-order valence-corrected chi connectivity index (χ4v) is 2.26. The van der Waals surface area contributed by atoms with Crippen LogP contribution in [0.5, 0.6) is 0 Å². The van der Waals surface area contributed by atoms with Crippen molar-refractivity contribution >= 4 is 5.78 Å². The third-order valence-corrected chi connectivity index (χ3v) is 3.18. The summed E-state index contributed by atoms with van der Waals surface area (Å²) in [4.78, 5) is 40.1. The highest BCUT2D eigenvalue weighted by atomic mass is 19.1. The number of rotatable bonds is 4. The van der Waals surface area contributed by atoms with Crippen molar-refractivity contribution in [2.45, 2.75) is 26.9 Å². The summed E-state index contributed by atoms with van der Waals surface area (Å²) in [6.45, 7) is 2.77. The molecule has 0 radical (unpaired) electrons. The molecule has 0 unspecified atom stereocenters. The van der Waals surface area contributed by atoms with Crippen molar-refractivity contribution < 1.29 is 9.18 Å². The molecule has 0 aliphatic rings. The van der Waals surface area contributed by atoms with Crippen LogP contribution < -0.4 is 11.2 Å². The summed E-state index contributed by atoms with van der Waals surface area (Å²) in [6.07, 6.45) is 0.301. The van der Waals surface area contributed by atoms with Crippen LogP contribution >= 0.6 is 0 Å². The maximum atomic E-state index is 12.8. The summed E-state index contributed by atoms with van der Waals surface area (Å²) in [5, 5.41) is 0. The zero-order valence-electron chi connectivity index (χ0n) is 11.7. The smallest absolute Gasteiger partial charge is 0.304 e. The number of carbonyl (C=O) groups excluding carboxylic acids is 1. The highest BCUT2D eigenvalue weighted by Gasteiger charge is 2.17. The van der Waals surface area contributed by atoms with E-state index in [-0.39, 0.29) is 16.8 Å². The Labute approximate surface area is 119 Å². The minimum Gasteiger partial charge on any atom is -0.304 e. The van der Waals surface area contributed by atoms with E-state index in [1.807, 2.05) is 0 Å². The molecule has 0 saturated carbocycles. The molecule has 0 aliphatic carbocycles. The molecule has 0 spiro atoms. The van der Waals surface area contributed by atoms with E-state index in [0.29, 0.717) is 12.0 Å². The first-order valence-electron chi connectivity index (χ1n) is 6.53. The van der Waals surface area contributed by atoms with E-state index >= 15 is 0 Å². The molecule has 1 aromatic carbocycles. The Kier molecular flexibility index (Phi) is 4.16. The van der Waals surface area contributed by atoms with Crippen molar-refractivity contribution in [2.75, 3.05) is 0 Å². The van der Waals surface area contributed by atoms with Crippen molar-refractivity contribution in [3.63, 3.8) is 0 Å². The van der Waals surface area contributed by atoms with Crippen LogP contribution in [0.25, 0.3) is 0 Å². The van der Waals surface area contributed by atoms with Gasteiger partial charge < -0.3 is 4.98 Å². The maximum Gasteiger partial charge on any atom is 0.326 e. The number of aromatic nitrogens is 2. The minimum absolute atomic E-state index is 0.0401. The van der Waals surface area contributed by atoms with Gasteiger partial charge in [-0.25, -0.2) is 9.18 Å². The summed E-state index contributed by atoms with van der Waals surface area (Å²) in [5.41, 5.74) is 0.215. The van der Waals surface area contributed by atoms with Gasteiger partial charge in [0.1, 0.15) is 6.67 Å². The van der Waals surface area contributed by atoms with Crippen molar-refractivity contribution in [1.29, 1.82) is 0 Å². The normalized spacial score (nSPS) is 10.6. The van der Waals surface area contributed by atoms with E-state index in [0.717, 1.165) is 5.56 Å². The lowest BCUT2D eigenvalue weighted by Gasteiger charge is -2.07. The first-order valence-corrected chi connectivity index (χ1v) is 6.53. The van der Waals surface area contributed by atoms with Gasteiger partial charge in [0.25, 0.3) is 5.56 Å². The molecule has 0 bridgehead atoms. The lowest BCUT2D eigenvalue weighted by atomic mass is 9.99. The van der Waals surface area contributed by atoms with Crippen LogP contribution in [0, 0.1) is 6.92 Å². The second-order valence-electron chi connectivity index (χ2n) is 4.79. The number of halogens is 1. The highest BCUT2D eigenvalue weighted by Crippen LogP contribution is 2.15. The fourth-order valence-electron chi connectivity index (χ4n) is 2.26. The lowest BCUT2D eigenvalue weighted by molar-refractivity contribution is 0.103. The number of hydrogen-bond donors (Lipinski definition) is 2. The summed E-state index contributed by atoms with van der Waals surface area (Å²) in [7, 11) is 0. The van der Waals surface area contributed by atoms with Crippen molar-refractivity contribution in [1.82, 2.24) is 9.97 Å². The summed E-state index contributed by atoms with van der Waals surface area (Å²) < 4.78 is 12.8. The summed E-state index contributed by atoms with van der Waals surface area (Å²) in [5.74, 6) is -0.492. The molecule has 6 heteroatoms. The lowest BCUT2D eigenvalue weighted by Crippen LogP contribution is -2.30. The molecule has 2 aromatic rings. The van der Waals surface area contributed by atoms with Crippen LogP contribution in [-0.4, -0.2) is 15.8 Å². The van der Waals surface area contributed by atoms with E-state index in [1.54, 1.807) is 26.0 Å². The summed E-state index contributed by atoms with van der Waals surface area (Å²) in [6, 6.07) is 4.66. The second-order valence-corrected chi connectivity index (χ2v) is 4.79. The SMILES string of the molecule is CCc1c(C(=O)c2cc(C)cc(CF)c2)[nH]c(=O)[nH]c1=O. The standard InChI is InChI=1S/C15H15FN2O3/c1-3-11-12(17-15(21)18-14(11)20)13(19)10-5-8(2)4-9(6-10)7-16/h4-6H,3,7H2,1-2H3,(H2,17,18,20,21). The first-order chi connectivity index (χ1) is 9.96. The molecular formula is C15H15FN2O3. The van der Waals surface area contributed by atoms with Gasteiger partial charge in [-0.05, 0) is 31.0 Å². The Bertz CT molecular complexity index is 805. The van der Waals surface area contributed by atoms with Crippen LogP contribution in [0.1, 0.15) is 39.7 Å². The molecule has 1 aromatic heterocycles. The summed E-state index contributed by atoms with van der Waals surface area (Å²) >= 11 is 0. The minimum atomic E-state index is -0.737. The van der Waals surface area contributed by atoms with Gasteiger partial charge in [0.2, 0.25) is 5.78 Å². The molecule has 0 saturated heterocycles. The van der Waals surface area contributed by atoms with E-state index in [1.165, 1.54) is 6.07 Å². The van der Waals surface area contributed by atoms with Crippen LogP contribution in [-0.2, 0) is 13.1 Å². The van der Waals surface area contributed by atoms with Gasteiger partial charge >= 0.3 is 5.69 Å². The van der Waals surface area contributed by atoms with E-state index < -0.39 is 23.7 Å². The molecule has 110 valence electrons. The van der Waals surface area contributed by atoms with Gasteiger partial charge in [-0.1, -0.05) is 18.6 Å². The fraction of sp³-hybridized carbons (Fsp3) is 0.267. The molecule has 0 fully saturated rings. The predicted molar refractivity (Wildman–Crippen MR) is 76.5 cm³/mol. The topological polar surface area (TPSA) is 82.8 Å². The maximum absolute atomic E-state index is 12.8. The number of H-pyrrole nitrogens is 2. The third kappa shape index (κ3) is 2.99. The van der Waals surface area contributed by atoms with Crippen molar-refractivity contribution in [3.8, 4) is 0 Å². The van der Waals surface area contributed by atoms with E-state index in [2.05, 4.69) is 9.97 Å². The number of aryl methyl sites for hydroxylation is 1. The Morgan fingerprint density at radius 2 is 1.90 bits per heavy atom. The van der Waals surface area contributed by atoms with E-state index in [9.17, 15) is 18.8 Å². The van der Waals surface area contributed by atoms with Crippen molar-refractivity contribution in [2.24, 2.45) is 0 Å². The second kappa shape index (κ2) is 5.87. The number of ketones is 1. The average molecular weight is 290 g/mol. The molecule has 2 rings (SSSR count). The number of benzene rings is 1. The Morgan fingerprint density at radius 3 is 2.52 bits per heavy atom. The predicted octanol–water partition coefficient (Wildman–Crippen LogP) is 1.63. The number of nitrogens with one attached hydrogen (secondary N) is 2. The molecule has 0 aliphatic heterocycles. The average Bonchev–Trinajstić information content (AvgIpc) is 2.45. The quantitative estimate of drug-likeness (QED) is 0.840. The molecule has 2 N–H and O–H groups in total.